The summed E-state index contributed by atoms with van der Waals surface area (Å²) < 4.78 is 1.03. The monoisotopic (exact) mass is 322 g/mol. The summed E-state index contributed by atoms with van der Waals surface area (Å²) in [6, 6.07) is 8.71. The van der Waals surface area contributed by atoms with Gasteiger partial charge in [0, 0.05) is 17.1 Å². The maximum Gasteiger partial charge on any atom is 0.101 e. The average molecular weight is 323 g/mol. The molecule has 0 fully saturated rings. The fourth-order valence-corrected chi connectivity index (χ4v) is 2.75. The van der Waals surface area contributed by atoms with Crippen LogP contribution in [0, 0.1) is 17.2 Å². The van der Waals surface area contributed by atoms with Gasteiger partial charge in [0.05, 0.1) is 11.3 Å². The van der Waals surface area contributed by atoms with E-state index < -0.39 is 0 Å². The van der Waals surface area contributed by atoms with E-state index in [1.807, 2.05) is 12.1 Å². The van der Waals surface area contributed by atoms with Gasteiger partial charge in [0.2, 0.25) is 0 Å². The van der Waals surface area contributed by atoms with Crippen molar-refractivity contribution in [2.45, 2.75) is 46.6 Å². The zero-order valence-electron chi connectivity index (χ0n) is 12.3. The molecular weight excluding hydrogens is 300 g/mol. The van der Waals surface area contributed by atoms with Crippen molar-refractivity contribution in [3.8, 4) is 6.07 Å². The standard InChI is InChI=1S/C16H23BrN2/c1-5-15(6-2)19(11-12(3)4)16-9-14(17)8-7-13(16)10-18/h7-9,12,15H,5-6,11H2,1-4H3. The van der Waals surface area contributed by atoms with E-state index in [4.69, 9.17) is 0 Å². The highest BCUT2D eigenvalue weighted by atomic mass is 79.9. The molecule has 19 heavy (non-hydrogen) atoms. The van der Waals surface area contributed by atoms with Crippen molar-refractivity contribution in [2.24, 2.45) is 5.92 Å². The fraction of sp³-hybridized carbons (Fsp3) is 0.562. The van der Waals surface area contributed by atoms with Gasteiger partial charge in [0.25, 0.3) is 0 Å². The minimum Gasteiger partial charge on any atom is -0.367 e. The predicted molar refractivity (Wildman–Crippen MR) is 85.4 cm³/mol. The van der Waals surface area contributed by atoms with Gasteiger partial charge in [-0.25, -0.2) is 0 Å². The zero-order chi connectivity index (χ0) is 14.4. The van der Waals surface area contributed by atoms with E-state index in [0.717, 1.165) is 35.1 Å². The summed E-state index contributed by atoms with van der Waals surface area (Å²) in [6.45, 7) is 9.85. The van der Waals surface area contributed by atoms with Crippen LogP contribution >= 0.6 is 15.9 Å². The Bertz CT molecular complexity index is 445. The summed E-state index contributed by atoms with van der Waals surface area (Å²) in [7, 11) is 0. The van der Waals surface area contributed by atoms with Crippen LogP contribution in [0.4, 0.5) is 5.69 Å². The van der Waals surface area contributed by atoms with E-state index in [-0.39, 0.29) is 0 Å². The van der Waals surface area contributed by atoms with Crippen molar-refractivity contribution in [2.75, 3.05) is 11.4 Å². The molecule has 0 aliphatic rings. The van der Waals surface area contributed by atoms with E-state index in [1.54, 1.807) is 0 Å². The molecule has 0 aromatic heterocycles. The van der Waals surface area contributed by atoms with Crippen LogP contribution in [0.2, 0.25) is 0 Å². The first-order chi connectivity index (χ1) is 9.03. The maximum absolute atomic E-state index is 9.33. The fourth-order valence-electron chi connectivity index (χ4n) is 2.40. The molecule has 104 valence electrons. The van der Waals surface area contributed by atoms with Gasteiger partial charge in [-0.05, 0) is 37.0 Å². The Hall–Kier alpha value is -1.01. The van der Waals surface area contributed by atoms with E-state index in [0.29, 0.717) is 12.0 Å². The minimum absolute atomic E-state index is 0.490. The third-order valence-electron chi connectivity index (χ3n) is 3.33. The van der Waals surface area contributed by atoms with Crippen LogP contribution < -0.4 is 4.90 Å². The molecule has 2 nitrogen and oxygen atoms in total. The molecule has 3 heteroatoms. The lowest BCUT2D eigenvalue weighted by Gasteiger charge is -2.35. The van der Waals surface area contributed by atoms with E-state index in [9.17, 15) is 5.26 Å². The second-order valence-corrected chi connectivity index (χ2v) is 6.21. The number of anilines is 1. The molecule has 0 unspecified atom stereocenters. The van der Waals surface area contributed by atoms with Crippen LogP contribution in [0.15, 0.2) is 22.7 Å². The van der Waals surface area contributed by atoms with Gasteiger partial charge in [-0.2, -0.15) is 5.26 Å². The molecule has 0 saturated heterocycles. The first-order valence-electron chi connectivity index (χ1n) is 6.99. The topological polar surface area (TPSA) is 27.0 Å². The number of rotatable bonds is 6. The van der Waals surface area contributed by atoms with Crippen molar-refractivity contribution < 1.29 is 0 Å². The van der Waals surface area contributed by atoms with E-state index >= 15 is 0 Å². The van der Waals surface area contributed by atoms with Crippen molar-refractivity contribution in [3.05, 3.63) is 28.2 Å². The van der Waals surface area contributed by atoms with Crippen LogP contribution in [0.1, 0.15) is 46.1 Å². The Balaban J connectivity index is 3.23. The van der Waals surface area contributed by atoms with E-state index in [1.165, 1.54) is 0 Å². The second-order valence-electron chi connectivity index (χ2n) is 5.29. The number of benzene rings is 1. The highest BCUT2D eigenvalue weighted by Gasteiger charge is 2.19. The average Bonchev–Trinajstić information content (AvgIpc) is 2.38. The Morgan fingerprint density at radius 1 is 1.26 bits per heavy atom. The first-order valence-corrected chi connectivity index (χ1v) is 7.79. The summed E-state index contributed by atoms with van der Waals surface area (Å²) in [5.41, 5.74) is 1.81. The molecule has 0 saturated carbocycles. The molecule has 1 aromatic carbocycles. The minimum atomic E-state index is 0.490. The quantitative estimate of drug-likeness (QED) is 0.739. The molecule has 0 amide bonds. The molecule has 0 bridgehead atoms. The molecule has 1 aromatic rings. The SMILES string of the molecule is CCC(CC)N(CC(C)C)c1cc(Br)ccc1C#N. The molecular formula is C16H23BrN2. The van der Waals surface area contributed by atoms with Gasteiger partial charge < -0.3 is 4.90 Å². The lowest BCUT2D eigenvalue weighted by atomic mass is 10.0. The molecule has 1 rings (SSSR count). The summed E-state index contributed by atoms with van der Waals surface area (Å²) in [5.74, 6) is 0.575. The van der Waals surface area contributed by atoms with Gasteiger partial charge in [0.15, 0.2) is 0 Å². The number of nitriles is 1. The zero-order valence-corrected chi connectivity index (χ0v) is 13.9. The maximum atomic E-state index is 9.33. The first kappa shape index (κ1) is 16.0. The Morgan fingerprint density at radius 2 is 1.89 bits per heavy atom. The lowest BCUT2D eigenvalue weighted by Crippen LogP contribution is -2.37. The van der Waals surface area contributed by atoms with Crippen LogP contribution in [0.3, 0.4) is 0 Å². The predicted octanol–water partition coefficient (Wildman–Crippen LogP) is 4.97. The van der Waals surface area contributed by atoms with E-state index in [2.05, 4.69) is 60.7 Å². The lowest BCUT2D eigenvalue weighted by molar-refractivity contribution is 0.507. The third-order valence-corrected chi connectivity index (χ3v) is 3.83. The van der Waals surface area contributed by atoms with Crippen molar-refractivity contribution >= 4 is 21.6 Å². The number of hydrogen-bond donors (Lipinski definition) is 0. The Labute approximate surface area is 125 Å². The third kappa shape index (κ3) is 4.24. The van der Waals surface area contributed by atoms with Crippen LogP contribution in [0.5, 0.6) is 0 Å². The molecule has 0 spiro atoms. The summed E-state index contributed by atoms with van der Waals surface area (Å²) >= 11 is 3.52. The van der Waals surface area contributed by atoms with Crippen LogP contribution in [-0.2, 0) is 0 Å². The number of halogens is 1. The van der Waals surface area contributed by atoms with Gasteiger partial charge in [-0.15, -0.1) is 0 Å². The van der Waals surface area contributed by atoms with Crippen molar-refractivity contribution in [1.82, 2.24) is 0 Å². The highest BCUT2D eigenvalue weighted by molar-refractivity contribution is 9.10. The van der Waals surface area contributed by atoms with Crippen molar-refractivity contribution in [1.29, 1.82) is 5.26 Å². The molecule has 0 atom stereocenters. The van der Waals surface area contributed by atoms with Crippen LogP contribution in [-0.4, -0.2) is 12.6 Å². The van der Waals surface area contributed by atoms with Crippen LogP contribution in [0.25, 0.3) is 0 Å². The summed E-state index contributed by atoms with van der Waals surface area (Å²) in [5, 5.41) is 9.33. The largest absolute Gasteiger partial charge is 0.367 e. The van der Waals surface area contributed by atoms with Crippen molar-refractivity contribution in [3.63, 3.8) is 0 Å². The highest BCUT2D eigenvalue weighted by Crippen LogP contribution is 2.28. The molecule has 0 aliphatic heterocycles. The molecule has 0 aliphatic carbocycles. The number of nitrogens with zero attached hydrogens (tertiary/aromatic N) is 2. The van der Waals surface area contributed by atoms with Gasteiger partial charge in [-0.3, -0.25) is 0 Å². The normalized spacial score (nSPS) is 10.8. The smallest absolute Gasteiger partial charge is 0.101 e. The van der Waals surface area contributed by atoms with Gasteiger partial charge >= 0.3 is 0 Å². The Morgan fingerprint density at radius 3 is 2.37 bits per heavy atom. The second kappa shape index (κ2) is 7.55. The summed E-state index contributed by atoms with van der Waals surface area (Å²) in [6.07, 6.45) is 2.20. The Kier molecular flexibility index (Phi) is 6.37. The van der Waals surface area contributed by atoms with Gasteiger partial charge in [-0.1, -0.05) is 43.6 Å². The van der Waals surface area contributed by atoms with Gasteiger partial charge in [0.1, 0.15) is 6.07 Å². The molecule has 0 radical (unpaired) electrons. The molecule has 0 heterocycles. The molecule has 0 N–H and O–H groups in total. The number of hydrogen-bond acceptors (Lipinski definition) is 2. The summed E-state index contributed by atoms with van der Waals surface area (Å²) in [4.78, 5) is 2.40.